The summed E-state index contributed by atoms with van der Waals surface area (Å²) in [5.41, 5.74) is 0.438. The number of rotatable bonds is 6. The summed E-state index contributed by atoms with van der Waals surface area (Å²) >= 11 is 6.20. The summed E-state index contributed by atoms with van der Waals surface area (Å²) in [6.07, 6.45) is 3.74. The van der Waals surface area contributed by atoms with Gasteiger partial charge in [0.25, 0.3) is 10.0 Å². The van der Waals surface area contributed by atoms with E-state index < -0.39 is 15.6 Å². The lowest BCUT2D eigenvalue weighted by atomic mass is 10.1. The van der Waals surface area contributed by atoms with Crippen molar-refractivity contribution in [3.8, 4) is 11.6 Å². The summed E-state index contributed by atoms with van der Waals surface area (Å²) in [7, 11) is -3.80. The van der Waals surface area contributed by atoms with E-state index in [0.29, 0.717) is 22.6 Å². The third-order valence-electron chi connectivity index (χ3n) is 4.11. The van der Waals surface area contributed by atoms with E-state index in [1.54, 1.807) is 20.8 Å². The fourth-order valence-electron chi connectivity index (χ4n) is 2.74. The van der Waals surface area contributed by atoms with Crippen LogP contribution in [0.3, 0.4) is 0 Å². The van der Waals surface area contributed by atoms with Gasteiger partial charge in [-0.25, -0.2) is 23.1 Å². The van der Waals surface area contributed by atoms with Crippen molar-refractivity contribution in [2.75, 3.05) is 5.32 Å². The predicted octanol–water partition coefficient (Wildman–Crippen LogP) is 3.81. The molecule has 3 aromatic rings. The van der Waals surface area contributed by atoms with Crippen molar-refractivity contribution in [2.24, 2.45) is 0 Å². The van der Waals surface area contributed by atoms with Gasteiger partial charge in [-0.3, -0.25) is 5.10 Å². The van der Waals surface area contributed by atoms with Crippen molar-refractivity contribution in [2.45, 2.75) is 50.2 Å². The van der Waals surface area contributed by atoms with Crippen molar-refractivity contribution >= 4 is 33.3 Å². The van der Waals surface area contributed by atoms with Crippen LogP contribution in [0.25, 0.3) is 11.6 Å². The molecule has 1 aliphatic rings. The Balaban J connectivity index is 1.58. The minimum atomic E-state index is -3.80. The molecule has 0 amide bonds. The highest BCUT2D eigenvalue weighted by molar-refractivity contribution is 7.89. The molecule has 4 rings (SSSR count). The zero-order chi connectivity index (χ0) is 20.8. The van der Waals surface area contributed by atoms with Gasteiger partial charge < -0.3 is 9.73 Å². The Morgan fingerprint density at radius 3 is 2.72 bits per heavy atom. The zero-order valence-electron chi connectivity index (χ0n) is 16.2. The number of anilines is 2. The summed E-state index contributed by atoms with van der Waals surface area (Å²) < 4.78 is 32.9. The van der Waals surface area contributed by atoms with Crippen molar-refractivity contribution in [1.29, 1.82) is 0 Å². The standard InChI is InChI=1S/C18H21ClN6O3S/c1-18(2,3)25-29(26,27)15-7-6-13(28-15)17-20-9-11(19)16(22-17)21-14-8-12(23-24-14)10-4-5-10/h6-10,25H,4-5H2,1-3H3,(H2,20,21,22,23,24). The monoisotopic (exact) mass is 436 g/mol. The minimum absolute atomic E-state index is 0.201. The van der Waals surface area contributed by atoms with Gasteiger partial charge in [0.1, 0.15) is 5.02 Å². The van der Waals surface area contributed by atoms with Crippen molar-refractivity contribution in [3.05, 3.63) is 35.1 Å². The number of aromatic nitrogens is 4. The molecule has 1 saturated carbocycles. The van der Waals surface area contributed by atoms with Crippen LogP contribution in [0.2, 0.25) is 5.02 Å². The average molecular weight is 437 g/mol. The maximum Gasteiger partial charge on any atom is 0.274 e. The molecule has 1 aliphatic carbocycles. The maximum absolute atomic E-state index is 12.4. The second-order valence-electron chi connectivity index (χ2n) is 7.97. The number of hydrogen-bond acceptors (Lipinski definition) is 7. The van der Waals surface area contributed by atoms with Gasteiger partial charge in [-0.2, -0.15) is 5.10 Å². The number of furan rings is 1. The Bertz CT molecular complexity index is 1140. The molecule has 3 heterocycles. The second kappa shape index (κ2) is 7.12. The summed E-state index contributed by atoms with van der Waals surface area (Å²) in [6, 6.07) is 4.79. The lowest BCUT2D eigenvalue weighted by Crippen LogP contribution is -2.40. The molecular weight excluding hydrogens is 416 g/mol. The Hall–Kier alpha value is -2.43. The van der Waals surface area contributed by atoms with E-state index in [0.717, 1.165) is 18.5 Å². The highest BCUT2D eigenvalue weighted by atomic mass is 35.5. The third-order valence-corrected chi connectivity index (χ3v) is 6.02. The van der Waals surface area contributed by atoms with Crippen LogP contribution in [0.5, 0.6) is 0 Å². The first-order valence-corrected chi connectivity index (χ1v) is 11.0. The molecule has 0 bridgehead atoms. The van der Waals surface area contributed by atoms with Crippen LogP contribution in [-0.4, -0.2) is 34.1 Å². The molecule has 0 saturated heterocycles. The normalized spacial score (nSPS) is 14.9. The van der Waals surface area contributed by atoms with E-state index in [2.05, 4.69) is 30.2 Å². The van der Waals surface area contributed by atoms with E-state index in [1.807, 2.05) is 6.07 Å². The van der Waals surface area contributed by atoms with Gasteiger partial charge in [-0.1, -0.05) is 11.6 Å². The first kappa shape index (κ1) is 19.9. The minimum Gasteiger partial charge on any atom is -0.440 e. The summed E-state index contributed by atoms with van der Waals surface area (Å²) in [4.78, 5) is 8.50. The second-order valence-corrected chi connectivity index (χ2v) is 9.99. The fourth-order valence-corrected chi connectivity index (χ4v) is 4.23. The first-order chi connectivity index (χ1) is 13.6. The van der Waals surface area contributed by atoms with Gasteiger partial charge in [-0.05, 0) is 45.7 Å². The number of nitrogens with one attached hydrogen (secondary N) is 3. The van der Waals surface area contributed by atoms with Crippen molar-refractivity contribution in [1.82, 2.24) is 24.9 Å². The molecule has 0 spiro atoms. The molecule has 11 heteroatoms. The van der Waals surface area contributed by atoms with Crippen LogP contribution in [0.4, 0.5) is 11.6 Å². The van der Waals surface area contributed by atoms with Crippen LogP contribution in [0.15, 0.2) is 33.9 Å². The molecule has 0 atom stereocenters. The third kappa shape index (κ3) is 4.60. The average Bonchev–Trinajstić information content (AvgIpc) is 3.15. The SMILES string of the molecule is CC(C)(C)NS(=O)(=O)c1ccc(-c2ncc(Cl)c(Nc3cc(C4CC4)[nH]n3)n2)o1. The molecule has 0 aliphatic heterocycles. The summed E-state index contributed by atoms with van der Waals surface area (Å²) in [5, 5.41) is 10.4. The molecule has 0 unspecified atom stereocenters. The highest BCUT2D eigenvalue weighted by Gasteiger charge is 2.27. The topological polar surface area (TPSA) is 126 Å². The van der Waals surface area contributed by atoms with E-state index in [1.165, 1.54) is 18.3 Å². The zero-order valence-corrected chi connectivity index (χ0v) is 17.7. The molecule has 0 radical (unpaired) electrons. The Kier molecular flexibility index (Phi) is 4.88. The summed E-state index contributed by atoms with van der Waals surface area (Å²) in [5.74, 6) is 1.89. The van der Waals surface area contributed by atoms with Crippen LogP contribution in [0, 0.1) is 0 Å². The first-order valence-electron chi connectivity index (χ1n) is 9.10. The van der Waals surface area contributed by atoms with Crippen molar-refractivity contribution < 1.29 is 12.8 Å². The van der Waals surface area contributed by atoms with E-state index in [4.69, 9.17) is 16.0 Å². The fraction of sp³-hybridized carbons (Fsp3) is 0.389. The predicted molar refractivity (Wildman–Crippen MR) is 109 cm³/mol. The molecule has 1 fully saturated rings. The van der Waals surface area contributed by atoms with Gasteiger partial charge in [0.05, 0.1) is 6.20 Å². The van der Waals surface area contributed by atoms with Crippen LogP contribution >= 0.6 is 11.6 Å². The maximum atomic E-state index is 12.4. The Morgan fingerprint density at radius 1 is 1.28 bits per heavy atom. The van der Waals surface area contributed by atoms with Gasteiger partial charge in [0, 0.05) is 23.2 Å². The van der Waals surface area contributed by atoms with E-state index >= 15 is 0 Å². The quantitative estimate of drug-likeness (QED) is 0.536. The highest BCUT2D eigenvalue weighted by Crippen LogP contribution is 2.39. The van der Waals surface area contributed by atoms with Gasteiger partial charge in [0.15, 0.2) is 23.2 Å². The van der Waals surface area contributed by atoms with Crippen molar-refractivity contribution in [3.63, 3.8) is 0 Å². The lowest BCUT2D eigenvalue weighted by molar-refractivity contribution is 0.435. The number of sulfonamides is 1. The molecule has 3 aromatic heterocycles. The molecule has 29 heavy (non-hydrogen) atoms. The number of halogens is 1. The van der Waals surface area contributed by atoms with Gasteiger partial charge in [-0.15, -0.1) is 0 Å². The smallest absolute Gasteiger partial charge is 0.274 e. The Morgan fingerprint density at radius 2 is 2.03 bits per heavy atom. The molecule has 154 valence electrons. The molecular formula is C18H21ClN6O3S. The van der Waals surface area contributed by atoms with E-state index in [9.17, 15) is 8.42 Å². The lowest BCUT2D eigenvalue weighted by Gasteiger charge is -2.18. The Labute approximate surface area is 173 Å². The van der Waals surface area contributed by atoms with E-state index in [-0.39, 0.29) is 16.7 Å². The molecule has 9 nitrogen and oxygen atoms in total. The number of hydrogen-bond donors (Lipinski definition) is 3. The van der Waals surface area contributed by atoms with Crippen LogP contribution < -0.4 is 10.0 Å². The van der Waals surface area contributed by atoms with Gasteiger partial charge >= 0.3 is 0 Å². The summed E-state index contributed by atoms with van der Waals surface area (Å²) in [6.45, 7) is 5.25. The van der Waals surface area contributed by atoms with Crippen LogP contribution in [0.1, 0.15) is 45.2 Å². The largest absolute Gasteiger partial charge is 0.440 e. The number of H-pyrrole nitrogens is 1. The molecule has 3 N–H and O–H groups in total. The number of aromatic amines is 1. The molecule has 0 aromatic carbocycles. The van der Waals surface area contributed by atoms with Gasteiger partial charge in [0.2, 0.25) is 5.09 Å². The van der Waals surface area contributed by atoms with Crippen LogP contribution in [-0.2, 0) is 10.0 Å². The number of nitrogens with zero attached hydrogens (tertiary/aromatic N) is 3.